The van der Waals surface area contributed by atoms with Gasteiger partial charge in [-0.2, -0.15) is 0 Å². The second kappa shape index (κ2) is 7.12. The summed E-state index contributed by atoms with van der Waals surface area (Å²) < 4.78 is 0. The number of hydrogen-bond acceptors (Lipinski definition) is 4. The standard InChI is InChI=1S/C23H19ClN2OS/c24-16-6-3-5-14(11-16)23-22-19(25-17-7-1-2-8-18(17)26-23)12-15(13-20(22)27)21-9-4-10-28-21/h1-11,15,23,25-26H,12-13H2/t15-,23-/m1/s1. The highest BCUT2D eigenvalue weighted by molar-refractivity contribution is 7.10. The zero-order valence-electron chi connectivity index (χ0n) is 15.1. The van der Waals surface area contributed by atoms with Crippen LogP contribution in [0.2, 0.25) is 5.02 Å². The number of rotatable bonds is 2. The average Bonchev–Trinajstić information content (AvgIpc) is 3.17. The maximum Gasteiger partial charge on any atom is 0.163 e. The molecular formula is C23H19ClN2OS. The van der Waals surface area contributed by atoms with Crippen molar-refractivity contribution >= 4 is 40.1 Å². The fourth-order valence-corrected chi connectivity index (χ4v) is 5.18. The van der Waals surface area contributed by atoms with Crippen molar-refractivity contribution < 1.29 is 4.79 Å². The molecule has 5 heteroatoms. The minimum Gasteiger partial charge on any atom is -0.372 e. The molecular weight excluding hydrogens is 388 g/mol. The van der Waals surface area contributed by atoms with Crippen molar-refractivity contribution in [3.63, 3.8) is 0 Å². The van der Waals surface area contributed by atoms with Crippen LogP contribution >= 0.6 is 22.9 Å². The lowest BCUT2D eigenvalue weighted by Crippen LogP contribution is -2.26. The van der Waals surface area contributed by atoms with Gasteiger partial charge < -0.3 is 10.6 Å². The van der Waals surface area contributed by atoms with Crippen LogP contribution in [0.5, 0.6) is 0 Å². The second-order valence-electron chi connectivity index (χ2n) is 7.24. The molecule has 1 aromatic heterocycles. The van der Waals surface area contributed by atoms with Crippen LogP contribution in [0, 0.1) is 0 Å². The molecule has 2 aromatic carbocycles. The van der Waals surface area contributed by atoms with E-state index in [9.17, 15) is 4.79 Å². The van der Waals surface area contributed by atoms with Crippen molar-refractivity contribution in [2.75, 3.05) is 10.6 Å². The number of benzene rings is 2. The van der Waals surface area contributed by atoms with Gasteiger partial charge in [0, 0.05) is 33.5 Å². The highest BCUT2D eigenvalue weighted by Crippen LogP contribution is 2.45. The number of hydrogen-bond donors (Lipinski definition) is 2. The summed E-state index contributed by atoms with van der Waals surface area (Å²) in [5.41, 5.74) is 4.83. The van der Waals surface area contributed by atoms with Gasteiger partial charge >= 0.3 is 0 Å². The van der Waals surface area contributed by atoms with Gasteiger partial charge in [0.25, 0.3) is 0 Å². The van der Waals surface area contributed by atoms with Crippen LogP contribution < -0.4 is 10.6 Å². The van der Waals surface area contributed by atoms with Crippen molar-refractivity contribution in [3.8, 4) is 0 Å². The van der Waals surface area contributed by atoms with Gasteiger partial charge in [-0.3, -0.25) is 4.79 Å². The predicted molar refractivity (Wildman–Crippen MR) is 116 cm³/mol. The Morgan fingerprint density at radius 1 is 0.964 bits per heavy atom. The lowest BCUT2D eigenvalue weighted by Gasteiger charge is -2.29. The van der Waals surface area contributed by atoms with Gasteiger partial charge in [-0.05, 0) is 47.7 Å². The van der Waals surface area contributed by atoms with E-state index in [-0.39, 0.29) is 17.7 Å². The molecule has 2 aliphatic rings. The molecule has 28 heavy (non-hydrogen) atoms. The molecule has 0 saturated carbocycles. The predicted octanol–water partition coefficient (Wildman–Crippen LogP) is 6.38. The summed E-state index contributed by atoms with van der Waals surface area (Å²) in [6, 6.07) is 19.8. The quantitative estimate of drug-likeness (QED) is 0.518. The van der Waals surface area contributed by atoms with Crippen LogP contribution in [-0.4, -0.2) is 5.78 Å². The second-order valence-corrected chi connectivity index (χ2v) is 8.65. The van der Waals surface area contributed by atoms with E-state index in [0.29, 0.717) is 11.4 Å². The molecule has 3 nitrogen and oxygen atoms in total. The Kier molecular flexibility index (Phi) is 4.46. The van der Waals surface area contributed by atoms with Gasteiger partial charge in [-0.25, -0.2) is 0 Å². The molecule has 1 aliphatic carbocycles. The van der Waals surface area contributed by atoms with Crippen LogP contribution in [0.15, 0.2) is 77.3 Å². The van der Waals surface area contributed by atoms with E-state index in [4.69, 9.17) is 11.6 Å². The molecule has 3 aromatic rings. The third-order valence-electron chi connectivity index (χ3n) is 5.44. The number of thiophene rings is 1. The van der Waals surface area contributed by atoms with Gasteiger partial charge in [-0.15, -0.1) is 11.3 Å². The largest absolute Gasteiger partial charge is 0.372 e. The monoisotopic (exact) mass is 406 g/mol. The zero-order valence-corrected chi connectivity index (χ0v) is 16.7. The molecule has 2 atom stereocenters. The molecule has 5 rings (SSSR count). The fourth-order valence-electron chi connectivity index (χ4n) is 4.15. The highest BCUT2D eigenvalue weighted by Gasteiger charge is 2.36. The van der Waals surface area contributed by atoms with Crippen molar-refractivity contribution in [3.05, 3.63) is 92.8 Å². The number of ketones is 1. The number of fused-ring (bicyclic) bond motifs is 1. The maximum absolute atomic E-state index is 13.3. The molecule has 0 saturated heterocycles. The van der Waals surface area contributed by atoms with E-state index in [1.807, 2.05) is 48.5 Å². The van der Waals surface area contributed by atoms with Crippen LogP contribution in [0.1, 0.15) is 35.2 Å². The van der Waals surface area contributed by atoms with Crippen LogP contribution in [-0.2, 0) is 4.79 Å². The average molecular weight is 407 g/mol. The van der Waals surface area contributed by atoms with Crippen LogP contribution in [0.4, 0.5) is 11.4 Å². The molecule has 0 unspecified atom stereocenters. The SMILES string of the molecule is O=C1C[C@H](c2cccs2)CC2=C1[C@@H](c1cccc(Cl)c1)Nc1ccccc1N2. The third-order valence-corrected chi connectivity index (χ3v) is 6.71. The molecule has 0 radical (unpaired) electrons. The van der Waals surface area contributed by atoms with Gasteiger partial charge in [0.2, 0.25) is 0 Å². The number of para-hydroxylation sites is 2. The Balaban J connectivity index is 1.64. The molecule has 2 heterocycles. The molecule has 1 aliphatic heterocycles. The Morgan fingerprint density at radius 2 is 1.82 bits per heavy atom. The summed E-state index contributed by atoms with van der Waals surface area (Å²) in [7, 11) is 0. The summed E-state index contributed by atoms with van der Waals surface area (Å²) in [4.78, 5) is 14.6. The van der Waals surface area contributed by atoms with E-state index in [0.717, 1.165) is 34.6 Å². The van der Waals surface area contributed by atoms with Crippen molar-refractivity contribution in [2.45, 2.75) is 24.8 Å². The first-order valence-electron chi connectivity index (χ1n) is 9.37. The molecule has 0 spiro atoms. The van der Waals surface area contributed by atoms with Crippen molar-refractivity contribution in [1.82, 2.24) is 0 Å². The summed E-state index contributed by atoms with van der Waals surface area (Å²) in [5, 5.41) is 9.90. The number of nitrogens with one attached hydrogen (secondary N) is 2. The topological polar surface area (TPSA) is 41.1 Å². The number of allylic oxidation sites excluding steroid dienone is 1. The van der Waals surface area contributed by atoms with Crippen LogP contribution in [0.3, 0.4) is 0 Å². The molecule has 2 N–H and O–H groups in total. The van der Waals surface area contributed by atoms with Crippen LogP contribution in [0.25, 0.3) is 0 Å². The highest BCUT2D eigenvalue weighted by atomic mass is 35.5. The van der Waals surface area contributed by atoms with Crippen molar-refractivity contribution in [2.24, 2.45) is 0 Å². The summed E-state index contributed by atoms with van der Waals surface area (Å²) in [6.07, 6.45) is 1.37. The van der Waals surface area contributed by atoms with Gasteiger partial charge in [0.05, 0.1) is 17.4 Å². The minimum atomic E-state index is -0.221. The third kappa shape index (κ3) is 3.13. The lowest BCUT2D eigenvalue weighted by atomic mass is 9.81. The lowest BCUT2D eigenvalue weighted by molar-refractivity contribution is -0.116. The molecule has 0 fully saturated rings. The van der Waals surface area contributed by atoms with E-state index in [2.05, 4.69) is 28.1 Å². The number of carbonyl (C=O) groups is 1. The molecule has 0 amide bonds. The first-order valence-corrected chi connectivity index (χ1v) is 10.6. The first kappa shape index (κ1) is 17.5. The smallest absolute Gasteiger partial charge is 0.163 e. The summed E-state index contributed by atoms with van der Waals surface area (Å²) >= 11 is 7.99. The van der Waals surface area contributed by atoms with Gasteiger partial charge in [-0.1, -0.05) is 41.9 Å². The minimum absolute atomic E-state index is 0.192. The maximum atomic E-state index is 13.3. The fraction of sp³-hybridized carbons (Fsp3) is 0.174. The number of Topliss-reactive ketones (excluding diaryl/α,β-unsaturated/α-hetero) is 1. The normalized spacial score (nSPS) is 21.2. The van der Waals surface area contributed by atoms with Crippen molar-refractivity contribution in [1.29, 1.82) is 0 Å². The zero-order chi connectivity index (χ0) is 19.1. The Bertz CT molecular complexity index is 1070. The number of anilines is 2. The van der Waals surface area contributed by atoms with E-state index in [1.54, 1.807) is 11.3 Å². The Morgan fingerprint density at radius 3 is 2.61 bits per heavy atom. The molecule has 0 bridgehead atoms. The van der Waals surface area contributed by atoms with E-state index >= 15 is 0 Å². The number of halogens is 1. The van der Waals surface area contributed by atoms with Gasteiger partial charge in [0.1, 0.15) is 0 Å². The van der Waals surface area contributed by atoms with Gasteiger partial charge in [0.15, 0.2) is 5.78 Å². The Labute approximate surface area is 173 Å². The Hall–Kier alpha value is -2.56. The molecule has 140 valence electrons. The summed E-state index contributed by atoms with van der Waals surface area (Å²) in [6.45, 7) is 0. The summed E-state index contributed by atoms with van der Waals surface area (Å²) in [5.74, 6) is 0.418. The first-order chi connectivity index (χ1) is 13.7. The number of carbonyl (C=O) groups excluding carboxylic acids is 1. The van der Waals surface area contributed by atoms with E-state index in [1.165, 1.54) is 4.88 Å². The van der Waals surface area contributed by atoms with E-state index < -0.39 is 0 Å².